The van der Waals surface area contributed by atoms with E-state index in [1.165, 1.54) is 11.0 Å². The van der Waals surface area contributed by atoms with Crippen LogP contribution in [0, 0.1) is 0 Å². The van der Waals surface area contributed by atoms with Gasteiger partial charge in [-0.15, -0.1) is 5.10 Å². The number of ether oxygens (including phenoxy) is 1. The van der Waals surface area contributed by atoms with Crippen molar-refractivity contribution in [2.45, 2.75) is 24.5 Å². The number of nitrogens with zero attached hydrogens (tertiary/aromatic N) is 5. The fraction of sp³-hybridized carbons (Fsp3) is 0.556. The van der Waals surface area contributed by atoms with Gasteiger partial charge < -0.3 is 25.8 Å². The number of fused-ring (bicyclic) bond motifs is 1. The summed E-state index contributed by atoms with van der Waals surface area (Å²) in [7, 11) is 0. The zero-order chi connectivity index (χ0) is 13.6. The van der Waals surface area contributed by atoms with Crippen LogP contribution in [0.3, 0.4) is 0 Å². The van der Waals surface area contributed by atoms with E-state index in [-0.39, 0.29) is 17.0 Å². The van der Waals surface area contributed by atoms with Crippen LogP contribution in [-0.2, 0) is 4.74 Å². The van der Waals surface area contributed by atoms with Crippen LogP contribution >= 0.6 is 0 Å². The molecular formula is C9H12N6O4. The first-order chi connectivity index (χ1) is 9.13. The average Bonchev–Trinajstić information content (AvgIpc) is 2.94. The van der Waals surface area contributed by atoms with E-state index in [4.69, 9.17) is 15.6 Å². The molecular weight excluding hydrogens is 256 g/mol. The van der Waals surface area contributed by atoms with Gasteiger partial charge in [-0.1, -0.05) is 5.21 Å². The largest absolute Gasteiger partial charge is 0.394 e. The first kappa shape index (κ1) is 12.2. The van der Waals surface area contributed by atoms with E-state index in [1.54, 1.807) is 0 Å². The molecule has 0 unspecified atom stereocenters. The van der Waals surface area contributed by atoms with Crippen LogP contribution in [0.25, 0.3) is 11.2 Å². The number of aliphatic hydroxyl groups is 3. The molecule has 0 bridgehead atoms. The summed E-state index contributed by atoms with van der Waals surface area (Å²) >= 11 is 0. The second-order valence-electron chi connectivity index (χ2n) is 4.19. The lowest BCUT2D eigenvalue weighted by Crippen LogP contribution is -2.33. The van der Waals surface area contributed by atoms with Gasteiger partial charge in [0.25, 0.3) is 0 Å². The molecule has 0 spiro atoms. The van der Waals surface area contributed by atoms with E-state index >= 15 is 0 Å². The number of hydrogen-bond acceptors (Lipinski definition) is 9. The molecule has 3 rings (SSSR count). The van der Waals surface area contributed by atoms with Gasteiger partial charge in [0.15, 0.2) is 23.2 Å². The average molecular weight is 268 g/mol. The van der Waals surface area contributed by atoms with Crippen molar-refractivity contribution in [2.24, 2.45) is 0 Å². The number of aliphatic hydroxyl groups excluding tert-OH is 3. The van der Waals surface area contributed by atoms with Crippen LogP contribution in [0.4, 0.5) is 5.82 Å². The summed E-state index contributed by atoms with van der Waals surface area (Å²) in [4.78, 5) is 7.74. The second kappa shape index (κ2) is 4.35. The van der Waals surface area contributed by atoms with Crippen LogP contribution in [0.2, 0.25) is 0 Å². The molecule has 0 aromatic carbocycles. The molecule has 0 aliphatic carbocycles. The van der Waals surface area contributed by atoms with Gasteiger partial charge >= 0.3 is 0 Å². The minimum atomic E-state index is -1.25. The highest BCUT2D eigenvalue weighted by Crippen LogP contribution is 2.30. The van der Waals surface area contributed by atoms with Crippen molar-refractivity contribution in [3.63, 3.8) is 0 Å². The highest BCUT2D eigenvalue weighted by molar-refractivity contribution is 5.80. The lowest BCUT2D eigenvalue weighted by atomic mass is 10.1. The number of anilines is 1. The van der Waals surface area contributed by atoms with Crippen molar-refractivity contribution in [3.05, 3.63) is 6.33 Å². The minimum absolute atomic E-state index is 0.156. The van der Waals surface area contributed by atoms with Gasteiger partial charge in [0.2, 0.25) is 0 Å². The molecule has 4 atom stereocenters. The molecule has 19 heavy (non-hydrogen) atoms. The molecule has 0 amide bonds. The van der Waals surface area contributed by atoms with Gasteiger partial charge in [0.05, 0.1) is 6.61 Å². The first-order valence-electron chi connectivity index (χ1n) is 5.57. The quantitative estimate of drug-likeness (QED) is 0.459. The molecule has 5 N–H and O–H groups in total. The van der Waals surface area contributed by atoms with Crippen molar-refractivity contribution in [3.8, 4) is 0 Å². The van der Waals surface area contributed by atoms with Crippen molar-refractivity contribution < 1.29 is 20.1 Å². The summed E-state index contributed by atoms with van der Waals surface area (Å²) in [6.45, 7) is -0.418. The molecule has 0 radical (unpaired) electrons. The lowest BCUT2D eigenvalue weighted by molar-refractivity contribution is -0.0574. The van der Waals surface area contributed by atoms with Gasteiger partial charge in [0, 0.05) is 0 Å². The predicted octanol–water partition coefficient (Wildman–Crippen LogP) is -2.58. The number of nitrogen functional groups attached to an aromatic ring is 1. The van der Waals surface area contributed by atoms with Crippen molar-refractivity contribution in [2.75, 3.05) is 12.3 Å². The maximum absolute atomic E-state index is 9.91. The number of nitrogens with two attached hydrogens (primary N) is 1. The molecule has 10 heteroatoms. The van der Waals surface area contributed by atoms with Crippen LogP contribution in [0.15, 0.2) is 6.33 Å². The van der Waals surface area contributed by atoms with E-state index in [0.717, 1.165) is 0 Å². The SMILES string of the molecule is Nc1ncnc2c1nnn2[C@@H]1O[C@@H](CO)[C@@H](O)[C@@H]1O. The number of hydrogen-bond donors (Lipinski definition) is 4. The molecule has 2 aromatic rings. The van der Waals surface area contributed by atoms with Gasteiger partial charge in [-0.3, -0.25) is 0 Å². The maximum Gasteiger partial charge on any atom is 0.186 e. The van der Waals surface area contributed by atoms with Gasteiger partial charge in [-0.25, -0.2) is 9.97 Å². The molecule has 1 saturated heterocycles. The lowest BCUT2D eigenvalue weighted by Gasteiger charge is -2.14. The van der Waals surface area contributed by atoms with E-state index in [2.05, 4.69) is 20.3 Å². The Hall–Kier alpha value is -1.88. The maximum atomic E-state index is 9.91. The first-order valence-corrected chi connectivity index (χ1v) is 5.57. The number of rotatable bonds is 2. The van der Waals surface area contributed by atoms with E-state index < -0.39 is 31.1 Å². The van der Waals surface area contributed by atoms with Gasteiger partial charge in [-0.05, 0) is 0 Å². The zero-order valence-corrected chi connectivity index (χ0v) is 9.66. The van der Waals surface area contributed by atoms with Crippen LogP contribution in [0.1, 0.15) is 6.23 Å². The summed E-state index contributed by atoms with van der Waals surface area (Å²) in [5, 5.41) is 36.2. The van der Waals surface area contributed by atoms with Crippen LogP contribution in [-0.4, -0.2) is 65.2 Å². The summed E-state index contributed by atoms with van der Waals surface area (Å²) in [6.07, 6.45) is -3.12. The Morgan fingerprint density at radius 2 is 2.11 bits per heavy atom. The van der Waals surface area contributed by atoms with Gasteiger partial charge in [-0.2, -0.15) is 4.68 Å². The Morgan fingerprint density at radius 3 is 2.79 bits per heavy atom. The van der Waals surface area contributed by atoms with E-state index in [0.29, 0.717) is 0 Å². The molecule has 2 aromatic heterocycles. The third-order valence-electron chi connectivity index (χ3n) is 3.05. The molecule has 1 aliphatic rings. The Kier molecular flexibility index (Phi) is 2.78. The molecule has 0 saturated carbocycles. The van der Waals surface area contributed by atoms with Crippen molar-refractivity contribution in [1.29, 1.82) is 0 Å². The molecule has 1 aliphatic heterocycles. The highest BCUT2D eigenvalue weighted by atomic mass is 16.6. The topological polar surface area (TPSA) is 152 Å². The summed E-state index contributed by atoms with van der Waals surface area (Å²) < 4.78 is 6.54. The smallest absolute Gasteiger partial charge is 0.186 e. The monoisotopic (exact) mass is 268 g/mol. The second-order valence-corrected chi connectivity index (χ2v) is 4.19. The fourth-order valence-corrected chi connectivity index (χ4v) is 2.03. The van der Waals surface area contributed by atoms with Gasteiger partial charge in [0.1, 0.15) is 24.6 Å². The Bertz CT molecular complexity index is 603. The third-order valence-corrected chi connectivity index (χ3v) is 3.05. The van der Waals surface area contributed by atoms with Crippen LogP contribution < -0.4 is 5.73 Å². The normalized spacial score (nSPS) is 31.1. The standard InChI is InChI=1S/C9H12N6O4/c10-7-4-8(12-2-11-7)15(14-13-4)9-6(18)5(17)3(1-16)19-9/h2-3,5-6,9,16-18H,1H2,(H2,10,11,12)/t3-,5+,6-,9+/m0/s1. The molecule has 1 fully saturated rings. The zero-order valence-electron chi connectivity index (χ0n) is 9.66. The number of aromatic nitrogens is 5. The predicted molar refractivity (Wildman–Crippen MR) is 60.5 cm³/mol. The Morgan fingerprint density at radius 1 is 1.32 bits per heavy atom. The molecule has 3 heterocycles. The Labute approximate surface area is 106 Å². The Balaban J connectivity index is 2.04. The summed E-state index contributed by atoms with van der Waals surface area (Å²) in [6, 6.07) is 0. The van der Waals surface area contributed by atoms with Crippen LogP contribution in [0.5, 0.6) is 0 Å². The summed E-state index contributed by atoms with van der Waals surface area (Å²) in [5.74, 6) is 0.156. The summed E-state index contributed by atoms with van der Waals surface area (Å²) in [5.41, 5.74) is 6.18. The molecule has 102 valence electrons. The minimum Gasteiger partial charge on any atom is -0.394 e. The third kappa shape index (κ3) is 1.73. The van der Waals surface area contributed by atoms with E-state index in [1.807, 2.05) is 0 Å². The molecule has 10 nitrogen and oxygen atoms in total. The fourth-order valence-electron chi connectivity index (χ4n) is 2.03. The van der Waals surface area contributed by atoms with E-state index in [9.17, 15) is 10.2 Å². The van der Waals surface area contributed by atoms with Crippen molar-refractivity contribution >= 4 is 17.0 Å². The van der Waals surface area contributed by atoms with Crippen molar-refractivity contribution in [1.82, 2.24) is 25.0 Å². The highest BCUT2D eigenvalue weighted by Gasteiger charge is 2.44.